The van der Waals surface area contributed by atoms with Crippen LogP contribution in [0.1, 0.15) is 5.56 Å². The zero-order valence-corrected chi connectivity index (χ0v) is 15.4. The van der Waals surface area contributed by atoms with E-state index >= 15 is 0 Å². The van der Waals surface area contributed by atoms with Gasteiger partial charge in [0.05, 0.1) is 11.8 Å². The van der Waals surface area contributed by atoms with Gasteiger partial charge < -0.3 is 25.3 Å². The van der Waals surface area contributed by atoms with Crippen molar-refractivity contribution in [2.45, 2.75) is 6.54 Å². The van der Waals surface area contributed by atoms with Crippen LogP contribution in [-0.2, 0) is 18.4 Å². The number of imidazole rings is 1. The second-order valence-electron chi connectivity index (χ2n) is 6.49. The van der Waals surface area contributed by atoms with E-state index in [0.29, 0.717) is 28.3 Å². The maximum Gasteiger partial charge on any atom is 0.245 e. The first kappa shape index (κ1) is 17.9. The number of amides is 1. The number of aliphatic hydroxyl groups excluding tert-OH is 1. The van der Waals surface area contributed by atoms with Crippen molar-refractivity contribution < 1.29 is 14.3 Å². The Morgan fingerprint density at radius 3 is 2.89 bits per heavy atom. The number of nitrogens with one attached hydrogen (secondary N) is 3. The van der Waals surface area contributed by atoms with Crippen LogP contribution in [0.3, 0.4) is 0 Å². The number of hydrogen-bond donors (Lipinski definition) is 4. The summed E-state index contributed by atoms with van der Waals surface area (Å²) in [5, 5.41) is 15.3. The molecule has 3 heterocycles. The van der Waals surface area contributed by atoms with Crippen molar-refractivity contribution in [3.63, 3.8) is 0 Å². The number of benzene rings is 1. The van der Waals surface area contributed by atoms with Crippen LogP contribution in [-0.4, -0.2) is 44.2 Å². The quantitative estimate of drug-likeness (QED) is 0.422. The van der Waals surface area contributed by atoms with Gasteiger partial charge in [-0.25, -0.2) is 14.4 Å². The summed E-state index contributed by atoms with van der Waals surface area (Å²) in [6, 6.07) is 6.46. The van der Waals surface area contributed by atoms with Crippen molar-refractivity contribution in [3.8, 4) is 11.3 Å². The standard InChI is InChI=1S/C19H19FN6O2/c1-21-19-16-17(26(2)9-23-16)13-6-14(24-18(13)25-19)11-3-10(4-12(20)5-11)7-22-15(28)8-27/h3-6,9,27H,7-8H2,1-2H3,(H,22,28)(H2,21,24,25). The van der Waals surface area contributed by atoms with Gasteiger partial charge in [0.25, 0.3) is 0 Å². The number of aryl methyl sites for hydroxylation is 1. The summed E-state index contributed by atoms with van der Waals surface area (Å²) in [5.41, 5.74) is 4.26. The van der Waals surface area contributed by atoms with Crippen LogP contribution in [0.5, 0.6) is 0 Å². The summed E-state index contributed by atoms with van der Waals surface area (Å²) in [4.78, 5) is 23.5. The Morgan fingerprint density at radius 2 is 2.14 bits per heavy atom. The lowest BCUT2D eigenvalue weighted by atomic mass is 10.1. The van der Waals surface area contributed by atoms with Gasteiger partial charge in [0, 0.05) is 37.3 Å². The van der Waals surface area contributed by atoms with Crippen LogP contribution in [0.15, 0.2) is 30.6 Å². The lowest BCUT2D eigenvalue weighted by Gasteiger charge is -2.06. The fourth-order valence-electron chi connectivity index (χ4n) is 3.29. The first-order valence-corrected chi connectivity index (χ1v) is 8.69. The number of fused-ring (bicyclic) bond motifs is 3. The third-order valence-corrected chi connectivity index (χ3v) is 4.58. The summed E-state index contributed by atoms with van der Waals surface area (Å²) in [5.74, 6) is -0.277. The molecule has 0 unspecified atom stereocenters. The molecule has 0 fully saturated rings. The van der Waals surface area contributed by atoms with Crippen molar-refractivity contribution in [1.29, 1.82) is 0 Å². The highest BCUT2D eigenvalue weighted by molar-refractivity contribution is 6.07. The molecule has 0 saturated carbocycles. The van der Waals surface area contributed by atoms with E-state index in [1.54, 1.807) is 19.4 Å². The number of rotatable bonds is 5. The predicted octanol–water partition coefficient (Wildman–Crippen LogP) is 1.91. The molecule has 0 aliphatic carbocycles. The highest BCUT2D eigenvalue weighted by Crippen LogP contribution is 2.32. The van der Waals surface area contributed by atoms with Gasteiger partial charge in [0.15, 0.2) is 5.82 Å². The molecule has 8 nitrogen and oxygen atoms in total. The van der Waals surface area contributed by atoms with Gasteiger partial charge in [-0.05, 0) is 29.8 Å². The van der Waals surface area contributed by atoms with E-state index in [-0.39, 0.29) is 6.54 Å². The molecular weight excluding hydrogens is 363 g/mol. The number of aromatic nitrogens is 4. The molecule has 144 valence electrons. The summed E-state index contributed by atoms with van der Waals surface area (Å²) in [6.07, 6.45) is 1.73. The van der Waals surface area contributed by atoms with E-state index in [1.807, 2.05) is 17.7 Å². The van der Waals surface area contributed by atoms with Crippen molar-refractivity contribution in [3.05, 3.63) is 42.0 Å². The Labute approximate surface area is 159 Å². The van der Waals surface area contributed by atoms with Gasteiger partial charge >= 0.3 is 0 Å². The normalized spacial score (nSPS) is 11.3. The summed E-state index contributed by atoms with van der Waals surface area (Å²) < 4.78 is 16.1. The molecule has 0 radical (unpaired) electrons. The smallest absolute Gasteiger partial charge is 0.245 e. The second kappa shape index (κ2) is 6.93. The maximum atomic E-state index is 14.1. The van der Waals surface area contributed by atoms with E-state index in [4.69, 9.17) is 5.11 Å². The molecule has 4 aromatic rings. The minimum absolute atomic E-state index is 0.124. The lowest BCUT2D eigenvalue weighted by molar-refractivity contribution is -0.123. The Hall–Kier alpha value is -3.46. The Kier molecular flexibility index (Phi) is 4.44. The molecule has 0 saturated heterocycles. The van der Waals surface area contributed by atoms with Gasteiger partial charge in [-0.3, -0.25) is 4.79 Å². The molecule has 0 aliphatic heterocycles. The van der Waals surface area contributed by atoms with Gasteiger partial charge in [-0.15, -0.1) is 0 Å². The summed E-state index contributed by atoms with van der Waals surface area (Å²) >= 11 is 0. The number of carbonyl (C=O) groups excluding carboxylic acids is 1. The van der Waals surface area contributed by atoms with Gasteiger partial charge in [0.2, 0.25) is 5.91 Å². The number of halogens is 1. The van der Waals surface area contributed by atoms with Crippen LogP contribution in [0, 0.1) is 5.82 Å². The zero-order valence-electron chi connectivity index (χ0n) is 15.4. The second-order valence-corrected chi connectivity index (χ2v) is 6.49. The number of anilines is 1. The molecule has 4 N–H and O–H groups in total. The minimum atomic E-state index is -0.607. The molecule has 1 amide bonds. The molecule has 3 aromatic heterocycles. The van der Waals surface area contributed by atoms with Gasteiger partial charge in [0.1, 0.15) is 23.6 Å². The molecule has 0 atom stereocenters. The first-order valence-electron chi connectivity index (χ1n) is 8.69. The molecular formula is C19H19FN6O2. The fourth-order valence-corrected chi connectivity index (χ4v) is 3.29. The van der Waals surface area contributed by atoms with Crippen molar-refractivity contribution in [1.82, 2.24) is 24.8 Å². The number of pyridine rings is 1. The average Bonchev–Trinajstić information content (AvgIpc) is 3.28. The van der Waals surface area contributed by atoms with Crippen molar-refractivity contribution >= 4 is 33.8 Å². The zero-order chi connectivity index (χ0) is 19.8. The topological polar surface area (TPSA) is 108 Å². The van der Waals surface area contributed by atoms with Crippen LogP contribution in [0.2, 0.25) is 0 Å². The number of aromatic amines is 1. The fraction of sp³-hybridized carbons (Fsp3) is 0.211. The molecule has 1 aromatic carbocycles. The molecule has 0 aliphatic rings. The molecule has 4 rings (SSSR count). The monoisotopic (exact) mass is 382 g/mol. The minimum Gasteiger partial charge on any atom is -0.387 e. The van der Waals surface area contributed by atoms with Crippen LogP contribution in [0.4, 0.5) is 10.2 Å². The van der Waals surface area contributed by atoms with E-state index in [9.17, 15) is 9.18 Å². The molecule has 9 heteroatoms. The van der Waals surface area contributed by atoms with Crippen LogP contribution < -0.4 is 10.6 Å². The highest BCUT2D eigenvalue weighted by atomic mass is 19.1. The Balaban J connectivity index is 1.81. The SMILES string of the molecule is CNc1nc2[nH]c(-c3cc(F)cc(CNC(=O)CO)c3)cc2c2c1ncn2C. The van der Waals surface area contributed by atoms with E-state index in [0.717, 1.165) is 16.4 Å². The predicted molar refractivity (Wildman–Crippen MR) is 104 cm³/mol. The summed E-state index contributed by atoms with van der Waals surface area (Å²) in [7, 11) is 3.69. The third kappa shape index (κ3) is 3.05. The highest BCUT2D eigenvalue weighted by Gasteiger charge is 2.15. The number of nitrogens with zero attached hydrogens (tertiary/aromatic N) is 3. The van der Waals surface area contributed by atoms with Gasteiger partial charge in [-0.2, -0.15) is 0 Å². The van der Waals surface area contributed by atoms with E-state index < -0.39 is 18.3 Å². The van der Waals surface area contributed by atoms with Crippen LogP contribution >= 0.6 is 0 Å². The van der Waals surface area contributed by atoms with Gasteiger partial charge in [-0.1, -0.05) is 0 Å². The van der Waals surface area contributed by atoms with Crippen molar-refractivity contribution in [2.75, 3.05) is 19.0 Å². The molecule has 28 heavy (non-hydrogen) atoms. The Morgan fingerprint density at radius 1 is 1.32 bits per heavy atom. The average molecular weight is 382 g/mol. The van der Waals surface area contributed by atoms with Crippen molar-refractivity contribution in [2.24, 2.45) is 7.05 Å². The van der Waals surface area contributed by atoms with Crippen LogP contribution in [0.25, 0.3) is 33.3 Å². The maximum absolute atomic E-state index is 14.1. The lowest BCUT2D eigenvalue weighted by Crippen LogP contribution is -2.25. The number of carbonyl (C=O) groups is 1. The summed E-state index contributed by atoms with van der Waals surface area (Å²) in [6.45, 7) is -0.483. The largest absolute Gasteiger partial charge is 0.387 e. The Bertz CT molecular complexity index is 1200. The van der Waals surface area contributed by atoms with E-state index in [2.05, 4.69) is 25.6 Å². The first-order chi connectivity index (χ1) is 13.5. The number of H-pyrrole nitrogens is 1. The van der Waals surface area contributed by atoms with E-state index in [1.165, 1.54) is 12.1 Å². The third-order valence-electron chi connectivity index (χ3n) is 4.58. The molecule has 0 bridgehead atoms. The molecule has 0 spiro atoms. The number of hydrogen-bond acceptors (Lipinski definition) is 5. The number of aliphatic hydroxyl groups is 1.